The van der Waals surface area contributed by atoms with Crippen LogP contribution < -0.4 is 5.32 Å². The van der Waals surface area contributed by atoms with Crippen LogP contribution >= 0.6 is 0 Å². The first-order valence-corrected chi connectivity index (χ1v) is 6.25. The topological polar surface area (TPSA) is 58.6 Å². The highest BCUT2D eigenvalue weighted by Gasteiger charge is 2.17. The molecule has 1 heterocycles. The van der Waals surface area contributed by atoms with E-state index in [0.717, 1.165) is 24.2 Å². The van der Waals surface area contributed by atoms with Gasteiger partial charge in [0.2, 0.25) is 5.91 Å². The lowest BCUT2D eigenvalue weighted by atomic mass is 10.1. The van der Waals surface area contributed by atoms with Gasteiger partial charge < -0.3 is 10.1 Å². The molecule has 0 unspecified atom stereocenters. The second-order valence-corrected chi connectivity index (χ2v) is 4.78. The van der Waals surface area contributed by atoms with Crippen molar-refractivity contribution < 1.29 is 14.3 Å². The van der Waals surface area contributed by atoms with Gasteiger partial charge in [0.15, 0.2) is 0 Å². The first-order chi connectivity index (χ1) is 9.08. The summed E-state index contributed by atoms with van der Waals surface area (Å²) in [6.07, 6.45) is 1.30. The molecule has 0 saturated heterocycles. The summed E-state index contributed by atoms with van der Waals surface area (Å²) in [5.74, 6) is -0.179. The Morgan fingerprint density at radius 2 is 2.26 bits per heavy atom. The van der Waals surface area contributed by atoms with Crippen LogP contribution in [0.4, 0.5) is 5.69 Å². The lowest BCUT2D eigenvalue weighted by Crippen LogP contribution is -2.28. The Morgan fingerprint density at radius 1 is 1.47 bits per heavy atom. The number of rotatable bonds is 5. The van der Waals surface area contributed by atoms with Crippen molar-refractivity contribution in [3.05, 3.63) is 29.3 Å². The van der Waals surface area contributed by atoms with Crippen molar-refractivity contribution in [1.82, 2.24) is 4.90 Å². The lowest BCUT2D eigenvalue weighted by Gasteiger charge is -2.15. The fourth-order valence-electron chi connectivity index (χ4n) is 2.12. The zero-order chi connectivity index (χ0) is 13.8. The molecule has 0 saturated carbocycles. The summed E-state index contributed by atoms with van der Waals surface area (Å²) in [5.41, 5.74) is 3.14. The lowest BCUT2D eigenvalue weighted by molar-refractivity contribution is -0.141. The van der Waals surface area contributed by atoms with E-state index in [1.54, 1.807) is 0 Å². The molecular formula is C14H18N2O3. The number of carbonyl (C=O) groups excluding carboxylic acids is 2. The molecule has 1 aliphatic rings. The number of methoxy groups -OCH3 is 1. The highest BCUT2D eigenvalue weighted by atomic mass is 16.5. The van der Waals surface area contributed by atoms with Crippen molar-refractivity contribution in [1.29, 1.82) is 0 Å². The zero-order valence-corrected chi connectivity index (χ0v) is 11.2. The number of anilines is 1. The number of fused-ring (bicyclic) bond motifs is 1. The fourth-order valence-corrected chi connectivity index (χ4v) is 2.12. The Balaban J connectivity index is 1.89. The maximum Gasteiger partial charge on any atom is 0.319 e. The molecule has 0 aliphatic carbocycles. The molecule has 0 atom stereocenters. The van der Waals surface area contributed by atoms with Crippen molar-refractivity contribution in [2.45, 2.75) is 12.8 Å². The molecule has 0 radical (unpaired) electrons. The average Bonchev–Trinajstić information content (AvgIpc) is 2.75. The predicted molar refractivity (Wildman–Crippen MR) is 72.0 cm³/mol. The Kier molecular flexibility index (Phi) is 4.16. The van der Waals surface area contributed by atoms with E-state index in [9.17, 15) is 9.59 Å². The van der Waals surface area contributed by atoms with E-state index in [1.807, 2.05) is 24.1 Å². The van der Waals surface area contributed by atoms with Gasteiger partial charge in [0, 0.05) is 12.2 Å². The van der Waals surface area contributed by atoms with Gasteiger partial charge in [-0.15, -0.1) is 0 Å². The maximum atomic E-state index is 11.3. The van der Waals surface area contributed by atoms with E-state index in [4.69, 9.17) is 0 Å². The molecule has 2 rings (SSSR count). The van der Waals surface area contributed by atoms with Gasteiger partial charge in [-0.3, -0.25) is 14.5 Å². The first kappa shape index (κ1) is 13.5. The molecule has 0 spiro atoms. The second-order valence-electron chi connectivity index (χ2n) is 4.78. The third kappa shape index (κ3) is 3.54. The van der Waals surface area contributed by atoms with Gasteiger partial charge in [0.25, 0.3) is 0 Å². The van der Waals surface area contributed by atoms with Gasteiger partial charge in [-0.2, -0.15) is 0 Å². The fraction of sp³-hybridized carbons (Fsp3) is 0.429. The van der Waals surface area contributed by atoms with Crippen molar-refractivity contribution in [3.63, 3.8) is 0 Å². The molecule has 0 aromatic heterocycles. The van der Waals surface area contributed by atoms with Gasteiger partial charge in [-0.25, -0.2) is 0 Å². The van der Waals surface area contributed by atoms with Gasteiger partial charge in [0.05, 0.1) is 20.1 Å². The number of hydrogen-bond acceptors (Lipinski definition) is 4. The van der Waals surface area contributed by atoms with Gasteiger partial charge in [0.1, 0.15) is 0 Å². The number of amides is 1. The van der Waals surface area contributed by atoms with E-state index in [0.29, 0.717) is 13.0 Å². The van der Waals surface area contributed by atoms with E-state index < -0.39 is 0 Å². The molecule has 1 aromatic carbocycles. The summed E-state index contributed by atoms with van der Waals surface area (Å²) in [4.78, 5) is 24.3. The zero-order valence-electron chi connectivity index (χ0n) is 11.2. The summed E-state index contributed by atoms with van der Waals surface area (Å²) in [5, 5.41) is 2.81. The molecule has 1 aromatic rings. The number of benzene rings is 1. The van der Waals surface area contributed by atoms with E-state index in [1.165, 1.54) is 12.7 Å². The summed E-state index contributed by atoms with van der Waals surface area (Å²) in [6, 6.07) is 6.01. The van der Waals surface area contributed by atoms with Gasteiger partial charge in [-0.1, -0.05) is 12.1 Å². The summed E-state index contributed by atoms with van der Waals surface area (Å²) >= 11 is 0. The number of esters is 1. The molecule has 0 bridgehead atoms. The van der Waals surface area contributed by atoms with Crippen molar-refractivity contribution >= 4 is 17.6 Å². The minimum absolute atomic E-state index is 0.0509. The standard InChI is InChI=1S/C14H18N2O3/c1-16(9-14(18)19-2)6-5-10-3-4-12-11(7-10)8-13(17)15-12/h3-4,7H,5-6,8-9H2,1-2H3,(H,15,17). The maximum absolute atomic E-state index is 11.3. The molecule has 0 fully saturated rings. The van der Waals surface area contributed by atoms with Crippen LogP contribution in [0.3, 0.4) is 0 Å². The molecular weight excluding hydrogens is 244 g/mol. The van der Waals surface area contributed by atoms with Crippen molar-refractivity contribution in [2.24, 2.45) is 0 Å². The SMILES string of the molecule is COC(=O)CN(C)CCc1ccc2c(c1)CC(=O)N2. The number of nitrogens with one attached hydrogen (secondary N) is 1. The van der Waals surface area contributed by atoms with Crippen LogP contribution in [0.1, 0.15) is 11.1 Å². The Bertz CT molecular complexity index is 499. The van der Waals surface area contributed by atoms with E-state index in [-0.39, 0.29) is 11.9 Å². The summed E-state index contributed by atoms with van der Waals surface area (Å²) in [6.45, 7) is 1.07. The van der Waals surface area contributed by atoms with Crippen LogP contribution in [0, 0.1) is 0 Å². The molecule has 1 amide bonds. The number of hydrogen-bond donors (Lipinski definition) is 1. The normalized spacial score (nSPS) is 13.3. The largest absolute Gasteiger partial charge is 0.468 e. The average molecular weight is 262 g/mol. The van der Waals surface area contributed by atoms with Gasteiger partial charge >= 0.3 is 5.97 Å². The highest BCUT2D eigenvalue weighted by Crippen LogP contribution is 2.23. The van der Waals surface area contributed by atoms with Crippen LogP contribution in [0.15, 0.2) is 18.2 Å². The van der Waals surface area contributed by atoms with E-state index >= 15 is 0 Å². The quantitative estimate of drug-likeness (QED) is 0.798. The van der Waals surface area contributed by atoms with Crippen LogP contribution in [0.25, 0.3) is 0 Å². The predicted octanol–water partition coefficient (Wildman–Crippen LogP) is 0.828. The number of likely N-dealkylation sites (N-methyl/N-ethyl adjacent to an activating group) is 1. The van der Waals surface area contributed by atoms with Crippen LogP contribution in [0.2, 0.25) is 0 Å². The van der Waals surface area contributed by atoms with Crippen LogP contribution in [0.5, 0.6) is 0 Å². The third-order valence-corrected chi connectivity index (χ3v) is 3.20. The molecule has 102 valence electrons. The number of ether oxygens (including phenoxy) is 1. The van der Waals surface area contributed by atoms with Crippen LogP contribution in [-0.4, -0.2) is 44.0 Å². The minimum atomic E-state index is -0.230. The second kappa shape index (κ2) is 5.84. The van der Waals surface area contributed by atoms with Gasteiger partial charge in [-0.05, 0) is 30.7 Å². The third-order valence-electron chi connectivity index (χ3n) is 3.20. The minimum Gasteiger partial charge on any atom is -0.468 e. The monoisotopic (exact) mass is 262 g/mol. The Morgan fingerprint density at radius 3 is 3.00 bits per heavy atom. The molecule has 1 N–H and O–H groups in total. The van der Waals surface area contributed by atoms with Crippen LogP contribution in [-0.2, 0) is 27.2 Å². The Hall–Kier alpha value is -1.88. The van der Waals surface area contributed by atoms with Crippen molar-refractivity contribution in [3.8, 4) is 0 Å². The smallest absolute Gasteiger partial charge is 0.319 e. The highest BCUT2D eigenvalue weighted by molar-refractivity contribution is 5.99. The first-order valence-electron chi connectivity index (χ1n) is 6.25. The Labute approximate surface area is 112 Å². The molecule has 5 heteroatoms. The molecule has 1 aliphatic heterocycles. The summed E-state index contributed by atoms with van der Waals surface area (Å²) in [7, 11) is 3.27. The molecule has 19 heavy (non-hydrogen) atoms. The summed E-state index contributed by atoms with van der Waals surface area (Å²) < 4.78 is 4.62. The molecule has 5 nitrogen and oxygen atoms in total. The van der Waals surface area contributed by atoms with Crippen molar-refractivity contribution in [2.75, 3.05) is 32.6 Å². The van der Waals surface area contributed by atoms with E-state index in [2.05, 4.69) is 16.1 Å². The number of carbonyl (C=O) groups is 2. The number of nitrogens with zero attached hydrogens (tertiary/aromatic N) is 1.